The molecule has 12 heavy (non-hydrogen) atoms. The number of nitrogens with one attached hydrogen (secondary N) is 1. The molecule has 1 aromatic heterocycles. The predicted octanol–water partition coefficient (Wildman–Crippen LogP) is 0.724. The molecule has 1 aromatic rings. The van der Waals surface area contributed by atoms with Crippen LogP contribution in [0.2, 0.25) is 0 Å². The standard InChI is InChI=1S/C5H7F3N4/c1-12-4(10-9)2-3(11-12)5(6,7)8/h2,10H,9H2,1H3. The van der Waals surface area contributed by atoms with Crippen molar-refractivity contribution in [2.24, 2.45) is 12.9 Å². The number of nitrogens with two attached hydrogens (primary N) is 1. The zero-order valence-corrected chi connectivity index (χ0v) is 6.18. The Bertz CT molecular complexity index is 277. The zero-order valence-electron chi connectivity index (χ0n) is 6.18. The summed E-state index contributed by atoms with van der Waals surface area (Å²) in [6, 6.07) is 0.833. The lowest BCUT2D eigenvalue weighted by atomic mass is 10.4. The molecule has 3 N–H and O–H groups in total. The maximum atomic E-state index is 12.0. The van der Waals surface area contributed by atoms with E-state index in [1.54, 1.807) is 0 Å². The molecule has 0 fully saturated rings. The maximum Gasteiger partial charge on any atom is 0.435 e. The first kappa shape index (κ1) is 8.85. The highest BCUT2D eigenvalue weighted by atomic mass is 19.4. The van der Waals surface area contributed by atoms with E-state index in [4.69, 9.17) is 5.84 Å². The van der Waals surface area contributed by atoms with Crippen LogP contribution in [0.1, 0.15) is 5.69 Å². The topological polar surface area (TPSA) is 55.9 Å². The Hall–Kier alpha value is -1.24. The molecule has 0 aromatic carbocycles. The minimum atomic E-state index is -4.42. The van der Waals surface area contributed by atoms with E-state index in [1.807, 2.05) is 0 Å². The van der Waals surface area contributed by atoms with Crippen LogP contribution in [0.15, 0.2) is 6.07 Å². The van der Waals surface area contributed by atoms with Gasteiger partial charge in [0.05, 0.1) is 0 Å². The largest absolute Gasteiger partial charge is 0.435 e. The summed E-state index contributed by atoms with van der Waals surface area (Å²) >= 11 is 0. The van der Waals surface area contributed by atoms with Gasteiger partial charge in [0, 0.05) is 13.1 Å². The van der Waals surface area contributed by atoms with Crippen molar-refractivity contribution in [1.29, 1.82) is 0 Å². The van der Waals surface area contributed by atoms with Crippen LogP contribution in [-0.2, 0) is 13.2 Å². The van der Waals surface area contributed by atoms with E-state index in [-0.39, 0.29) is 5.82 Å². The molecule has 0 saturated heterocycles. The van der Waals surface area contributed by atoms with Crippen LogP contribution >= 0.6 is 0 Å². The van der Waals surface area contributed by atoms with Crippen LogP contribution < -0.4 is 11.3 Å². The number of hydrogen-bond acceptors (Lipinski definition) is 3. The van der Waals surface area contributed by atoms with Crippen LogP contribution in [0.3, 0.4) is 0 Å². The molecule has 0 amide bonds. The normalized spacial score (nSPS) is 11.8. The molecular formula is C5H7F3N4. The van der Waals surface area contributed by atoms with Gasteiger partial charge in [0.2, 0.25) is 0 Å². The van der Waals surface area contributed by atoms with Crippen molar-refractivity contribution in [2.75, 3.05) is 5.43 Å². The Morgan fingerprint density at radius 3 is 2.42 bits per heavy atom. The number of rotatable bonds is 1. The number of anilines is 1. The summed E-state index contributed by atoms with van der Waals surface area (Å²) in [5.41, 5.74) is 1.13. The van der Waals surface area contributed by atoms with Gasteiger partial charge < -0.3 is 5.43 Å². The summed E-state index contributed by atoms with van der Waals surface area (Å²) in [6.07, 6.45) is -4.42. The second-order valence-electron chi connectivity index (χ2n) is 2.18. The van der Waals surface area contributed by atoms with E-state index in [2.05, 4.69) is 10.5 Å². The number of hydrogen-bond donors (Lipinski definition) is 2. The molecule has 0 unspecified atom stereocenters. The van der Waals surface area contributed by atoms with Crippen molar-refractivity contribution in [2.45, 2.75) is 6.18 Å². The number of alkyl halides is 3. The minimum absolute atomic E-state index is 0.113. The third-order valence-electron chi connectivity index (χ3n) is 1.32. The Labute approximate surface area is 66.1 Å². The van der Waals surface area contributed by atoms with Gasteiger partial charge in [0.1, 0.15) is 5.82 Å². The van der Waals surface area contributed by atoms with Crippen molar-refractivity contribution >= 4 is 5.82 Å². The van der Waals surface area contributed by atoms with Crippen LogP contribution in [0.5, 0.6) is 0 Å². The van der Waals surface area contributed by atoms with Crippen LogP contribution in [0.4, 0.5) is 19.0 Å². The summed E-state index contributed by atoms with van der Waals surface area (Å²) in [5.74, 6) is 5.04. The van der Waals surface area contributed by atoms with E-state index in [1.165, 1.54) is 7.05 Å². The van der Waals surface area contributed by atoms with E-state index >= 15 is 0 Å². The quantitative estimate of drug-likeness (QED) is 0.494. The van der Waals surface area contributed by atoms with Crippen molar-refractivity contribution in [1.82, 2.24) is 9.78 Å². The molecule has 0 bridgehead atoms. The van der Waals surface area contributed by atoms with Gasteiger partial charge in [-0.2, -0.15) is 18.3 Å². The average Bonchev–Trinajstić information content (AvgIpc) is 2.29. The number of halogens is 3. The fourth-order valence-electron chi connectivity index (χ4n) is 0.741. The third kappa shape index (κ3) is 1.50. The van der Waals surface area contributed by atoms with Crippen molar-refractivity contribution in [3.63, 3.8) is 0 Å². The van der Waals surface area contributed by atoms with Crippen molar-refractivity contribution in [3.8, 4) is 0 Å². The Morgan fingerprint density at radius 2 is 2.17 bits per heavy atom. The first-order valence-corrected chi connectivity index (χ1v) is 3.03. The monoisotopic (exact) mass is 180 g/mol. The van der Waals surface area contributed by atoms with E-state index in [0.29, 0.717) is 0 Å². The summed E-state index contributed by atoms with van der Waals surface area (Å²) in [4.78, 5) is 0. The van der Waals surface area contributed by atoms with Crippen molar-refractivity contribution < 1.29 is 13.2 Å². The van der Waals surface area contributed by atoms with Gasteiger partial charge >= 0.3 is 6.18 Å². The summed E-state index contributed by atoms with van der Waals surface area (Å²) in [7, 11) is 1.37. The summed E-state index contributed by atoms with van der Waals surface area (Å²) < 4.78 is 36.9. The van der Waals surface area contributed by atoms with Crippen LogP contribution in [-0.4, -0.2) is 9.78 Å². The first-order valence-electron chi connectivity index (χ1n) is 3.03. The van der Waals surface area contributed by atoms with Gasteiger partial charge in [-0.3, -0.25) is 4.68 Å². The van der Waals surface area contributed by atoms with Gasteiger partial charge in [-0.15, -0.1) is 0 Å². The van der Waals surface area contributed by atoms with E-state index in [9.17, 15) is 13.2 Å². The second-order valence-corrected chi connectivity index (χ2v) is 2.18. The highest BCUT2D eigenvalue weighted by Gasteiger charge is 2.34. The molecule has 1 heterocycles. The van der Waals surface area contributed by atoms with Crippen molar-refractivity contribution in [3.05, 3.63) is 11.8 Å². The SMILES string of the molecule is Cn1nc(C(F)(F)F)cc1NN. The van der Waals surface area contributed by atoms with E-state index in [0.717, 1.165) is 10.7 Å². The molecule has 0 radical (unpaired) electrons. The lowest BCUT2D eigenvalue weighted by Crippen LogP contribution is -2.10. The molecule has 4 nitrogen and oxygen atoms in total. The van der Waals surface area contributed by atoms with Gasteiger partial charge in [-0.1, -0.05) is 0 Å². The minimum Gasteiger partial charge on any atom is -0.309 e. The lowest BCUT2D eigenvalue weighted by Gasteiger charge is -1.98. The average molecular weight is 180 g/mol. The van der Waals surface area contributed by atoms with Gasteiger partial charge in [-0.05, 0) is 0 Å². The zero-order chi connectivity index (χ0) is 9.35. The number of nitrogen functional groups attached to an aromatic ring is 1. The lowest BCUT2D eigenvalue weighted by molar-refractivity contribution is -0.141. The maximum absolute atomic E-state index is 12.0. The molecule has 68 valence electrons. The van der Waals surface area contributed by atoms with E-state index < -0.39 is 11.9 Å². The Morgan fingerprint density at radius 1 is 1.58 bits per heavy atom. The smallest absolute Gasteiger partial charge is 0.309 e. The molecule has 0 aliphatic heterocycles. The number of aromatic nitrogens is 2. The fraction of sp³-hybridized carbons (Fsp3) is 0.400. The molecule has 0 saturated carbocycles. The second kappa shape index (κ2) is 2.67. The molecule has 0 aliphatic rings. The Balaban J connectivity index is 3.05. The molecule has 0 aliphatic carbocycles. The fourth-order valence-corrected chi connectivity index (χ4v) is 0.741. The molecule has 1 rings (SSSR count). The number of aryl methyl sites for hydroxylation is 1. The van der Waals surface area contributed by atoms with Gasteiger partial charge in [-0.25, -0.2) is 5.84 Å². The third-order valence-corrected chi connectivity index (χ3v) is 1.32. The van der Waals surface area contributed by atoms with Gasteiger partial charge in [0.25, 0.3) is 0 Å². The Kier molecular flexibility index (Phi) is 1.97. The summed E-state index contributed by atoms with van der Waals surface area (Å²) in [6.45, 7) is 0. The first-order chi connectivity index (χ1) is 5.45. The van der Waals surface area contributed by atoms with Crippen LogP contribution in [0, 0.1) is 0 Å². The van der Waals surface area contributed by atoms with Gasteiger partial charge in [0.15, 0.2) is 5.69 Å². The molecular weight excluding hydrogens is 173 g/mol. The summed E-state index contributed by atoms with van der Waals surface area (Å²) in [5, 5.41) is 3.20. The molecule has 0 atom stereocenters. The number of hydrazine groups is 1. The van der Waals surface area contributed by atoms with Crippen LogP contribution in [0.25, 0.3) is 0 Å². The molecule has 0 spiro atoms. The number of nitrogens with zero attached hydrogens (tertiary/aromatic N) is 2. The predicted molar refractivity (Wildman–Crippen MR) is 36.0 cm³/mol. The molecule has 7 heteroatoms. The highest BCUT2D eigenvalue weighted by molar-refractivity contribution is 5.35. The highest BCUT2D eigenvalue weighted by Crippen LogP contribution is 2.29.